The summed E-state index contributed by atoms with van der Waals surface area (Å²) < 4.78 is 10.9. The molecule has 34 heavy (non-hydrogen) atoms. The number of carboxylic acid groups (broad SMARTS) is 1. The van der Waals surface area contributed by atoms with Crippen molar-refractivity contribution in [2.24, 2.45) is 5.73 Å². The van der Waals surface area contributed by atoms with Gasteiger partial charge in [0, 0.05) is 12.2 Å². The van der Waals surface area contributed by atoms with Crippen LogP contribution >= 0.6 is 0 Å². The van der Waals surface area contributed by atoms with E-state index in [0.717, 1.165) is 22.3 Å². The van der Waals surface area contributed by atoms with Crippen molar-refractivity contribution in [2.45, 2.75) is 25.7 Å². The molecular weight excluding hydrogens is 432 g/mol. The zero-order valence-electron chi connectivity index (χ0n) is 19.6. The summed E-state index contributed by atoms with van der Waals surface area (Å²) in [4.78, 5) is 24.1. The molecule has 3 rings (SSSR count). The molecule has 3 aromatic rings. The van der Waals surface area contributed by atoms with Crippen molar-refractivity contribution in [3.63, 3.8) is 0 Å². The van der Waals surface area contributed by atoms with Crippen LogP contribution in [0, 0.1) is 0 Å². The predicted octanol–water partition coefficient (Wildman–Crippen LogP) is 4.24. The highest BCUT2D eigenvalue weighted by Gasteiger charge is 2.29. The molecule has 0 heterocycles. The SMILES string of the molecule is COc1cc(CC(=O)Nc2cccc(-c3ccc(C(C)(C)C(=O)O)cc3)c2)ccc1OCCN. The molecular formula is C27H30N2O5. The van der Waals surface area contributed by atoms with Crippen molar-refractivity contribution in [1.82, 2.24) is 0 Å². The van der Waals surface area contributed by atoms with Crippen LogP contribution in [0.25, 0.3) is 11.1 Å². The van der Waals surface area contributed by atoms with Crippen LogP contribution in [-0.4, -0.2) is 37.2 Å². The lowest BCUT2D eigenvalue weighted by atomic mass is 9.84. The lowest BCUT2D eigenvalue weighted by molar-refractivity contribution is -0.142. The van der Waals surface area contributed by atoms with Gasteiger partial charge in [0.05, 0.1) is 18.9 Å². The third-order valence-corrected chi connectivity index (χ3v) is 5.59. The molecule has 1 amide bonds. The fraction of sp³-hybridized carbons (Fsp3) is 0.259. The number of carbonyl (C=O) groups is 2. The largest absolute Gasteiger partial charge is 0.493 e. The van der Waals surface area contributed by atoms with Gasteiger partial charge in [-0.1, -0.05) is 42.5 Å². The summed E-state index contributed by atoms with van der Waals surface area (Å²) in [5.41, 5.74) is 8.55. The summed E-state index contributed by atoms with van der Waals surface area (Å²) in [6.07, 6.45) is 0.177. The summed E-state index contributed by atoms with van der Waals surface area (Å²) in [5.74, 6) is 0.103. The summed E-state index contributed by atoms with van der Waals surface area (Å²) in [7, 11) is 1.55. The van der Waals surface area contributed by atoms with Gasteiger partial charge in [-0.05, 0) is 60.4 Å². The van der Waals surface area contributed by atoms with Crippen LogP contribution in [0.15, 0.2) is 66.7 Å². The lowest BCUT2D eigenvalue weighted by Gasteiger charge is -2.20. The molecule has 178 valence electrons. The Hall–Kier alpha value is -3.84. The average molecular weight is 463 g/mol. The Morgan fingerprint density at radius 3 is 2.35 bits per heavy atom. The maximum absolute atomic E-state index is 12.6. The second-order valence-corrected chi connectivity index (χ2v) is 8.44. The minimum absolute atomic E-state index is 0.159. The number of hydrogen-bond donors (Lipinski definition) is 3. The van der Waals surface area contributed by atoms with E-state index in [1.165, 1.54) is 0 Å². The molecule has 0 saturated carbocycles. The first-order valence-electron chi connectivity index (χ1n) is 11.0. The van der Waals surface area contributed by atoms with Crippen LogP contribution in [0.5, 0.6) is 11.5 Å². The van der Waals surface area contributed by atoms with Gasteiger partial charge < -0.3 is 25.6 Å². The third-order valence-electron chi connectivity index (χ3n) is 5.59. The Labute approximate surface area is 199 Å². The number of nitrogens with two attached hydrogens (primary N) is 1. The minimum atomic E-state index is -0.966. The molecule has 0 bridgehead atoms. The van der Waals surface area contributed by atoms with Gasteiger partial charge in [0.1, 0.15) is 6.61 Å². The van der Waals surface area contributed by atoms with Crippen LogP contribution in [0.2, 0.25) is 0 Å². The molecule has 3 aromatic carbocycles. The van der Waals surface area contributed by atoms with Crippen LogP contribution in [0.3, 0.4) is 0 Å². The first kappa shape index (κ1) is 24.8. The minimum Gasteiger partial charge on any atom is -0.493 e. The van der Waals surface area contributed by atoms with Gasteiger partial charge in [0.25, 0.3) is 0 Å². The van der Waals surface area contributed by atoms with E-state index >= 15 is 0 Å². The highest BCUT2D eigenvalue weighted by atomic mass is 16.5. The molecule has 0 spiro atoms. The molecule has 0 aliphatic heterocycles. The number of methoxy groups -OCH3 is 1. The number of ether oxygens (including phenoxy) is 2. The molecule has 0 saturated heterocycles. The van der Waals surface area contributed by atoms with Gasteiger partial charge in [-0.3, -0.25) is 9.59 Å². The zero-order valence-corrected chi connectivity index (χ0v) is 19.6. The normalized spacial score (nSPS) is 11.1. The van der Waals surface area contributed by atoms with E-state index < -0.39 is 11.4 Å². The van der Waals surface area contributed by atoms with Gasteiger partial charge in [-0.25, -0.2) is 0 Å². The first-order chi connectivity index (χ1) is 16.2. The van der Waals surface area contributed by atoms with Crippen LogP contribution in [0.1, 0.15) is 25.0 Å². The van der Waals surface area contributed by atoms with Gasteiger partial charge in [-0.2, -0.15) is 0 Å². The van der Waals surface area contributed by atoms with Gasteiger partial charge in [0.15, 0.2) is 11.5 Å². The van der Waals surface area contributed by atoms with E-state index in [2.05, 4.69) is 5.32 Å². The topological polar surface area (TPSA) is 111 Å². The molecule has 0 radical (unpaired) electrons. The van der Waals surface area contributed by atoms with Crippen LogP contribution < -0.4 is 20.5 Å². The van der Waals surface area contributed by atoms with Crippen molar-refractivity contribution in [1.29, 1.82) is 0 Å². The molecule has 0 aliphatic rings. The Kier molecular flexibility index (Phi) is 7.91. The molecule has 0 aliphatic carbocycles. The smallest absolute Gasteiger partial charge is 0.313 e. The van der Waals surface area contributed by atoms with Crippen molar-refractivity contribution in [2.75, 3.05) is 25.6 Å². The molecule has 0 fully saturated rings. The van der Waals surface area contributed by atoms with Crippen molar-refractivity contribution < 1.29 is 24.2 Å². The Bertz CT molecular complexity index is 1160. The highest BCUT2D eigenvalue weighted by Crippen LogP contribution is 2.29. The quantitative estimate of drug-likeness (QED) is 0.416. The Balaban J connectivity index is 1.70. The maximum Gasteiger partial charge on any atom is 0.313 e. The fourth-order valence-corrected chi connectivity index (χ4v) is 3.48. The molecule has 0 aromatic heterocycles. The number of benzene rings is 3. The summed E-state index contributed by atoms with van der Waals surface area (Å²) in [5, 5.41) is 12.4. The zero-order chi connectivity index (χ0) is 24.7. The van der Waals surface area contributed by atoms with Crippen LogP contribution in [0.4, 0.5) is 5.69 Å². The standard InChI is InChI=1S/C27H30N2O5/c1-27(2,26(31)32)21-10-8-19(9-11-21)20-5-4-6-22(17-20)29-25(30)16-18-7-12-23(34-14-13-28)24(15-18)33-3/h4-12,15,17H,13-14,16,28H2,1-3H3,(H,29,30)(H,31,32). The monoisotopic (exact) mass is 462 g/mol. The Morgan fingerprint density at radius 2 is 1.71 bits per heavy atom. The lowest BCUT2D eigenvalue weighted by Crippen LogP contribution is -2.28. The van der Waals surface area contributed by atoms with Gasteiger partial charge >= 0.3 is 5.97 Å². The predicted molar refractivity (Wildman–Crippen MR) is 132 cm³/mol. The third kappa shape index (κ3) is 5.94. The molecule has 0 atom stereocenters. The van der Waals surface area contributed by atoms with E-state index in [1.807, 2.05) is 54.6 Å². The van der Waals surface area contributed by atoms with E-state index in [9.17, 15) is 14.7 Å². The van der Waals surface area contributed by atoms with Gasteiger partial charge in [-0.15, -0.1) is 0 Å². The van der Waals surface area contributed by atoms with Crippen molar-refractivity contribution >= 4 is 17.6 Å². The molecule has 7 nitrogen and oxygen atoms in total. The summed E-state index contributed by atoms with van der Waals surface area (Å²) in [6.45, 7) is 4.14. The molecule has 0 unspecified atom stereocenters. The number of aliphatic carboxylic acids is 1. The van der Waals surface area contributed by atoms with Crippen LogP contribution in [-0.2, 0) is 21.4 Å². The van der Waals surface area contributed by atoms with Gasteiger partial charge in [0.2, 0.25) is 5.91 Å². The number of hydrogen-bond acceptors (Lipinski definition) is 5. The second-order valence-electron chi connectivity index (χ2n) is 8.44. The number of carboxylic acids is 1. The van der Waals surface area contributed by atoms with Crippen molar-refractivity contribution in [3.8, 4) is 22.6 Å². The fourth-order valence-electron chi connectivity index (χ4n) is 3.48. The van der Waals surface area contributed by atoms with Crippen molar-refractivity contribution in [3.05, 3.63) is 77.9 Å². The first-order valence-corrected chi connectivity index (χ1v) is 11.0. The number of rotatable bonds is 10. The number of anilines is 1. The second kappa shape index (κ2) is 10.9. The van der Waals surface area contributed by atoms with E-state index in [4.69, 9.17) is 15.2 Å². The summed E-state index contributed by atoms with van der Waals surface area (Å²) >= 11 is 0. The van der Waals surface area contributed by atoms with E-state index in [-0.39, 0.29) is 12.3 Å². The number of amides is 1. The number of nitrogens with one attached hydrogen (secondary N) is 1. The average Bonchev–Trinajstić information content (AvgIpc) is 2.83. The molecule has 7 heteroatoms. The number of carbonyl (C=O) groups excluding carboxylic acids is 1. The highest BCUT2D eigenvalue weighted by molar-refractivity contribution is 5.93. The van der Waals surface area contributed by atoms with E-state index in [0.29, 0.717) is 30.3 Å². The van der Waals surface area contributed by atoms with E-state index in [1.54, 1.807) is 33.1 Å². The molecule has 4 N–H and O–H groups in total. The summed E-state index contributed by atoms with van der Waals surface area (Å²) in [6, 6.07) is 20.3. The maximum atomic E-state index is 12.6. The Morgan fingerprint density at radius 1 is 0.971 bits per heavy atom.